The first kappa shape index (κ1) is 17.1. The van der Waals surface area contributed by atoms with Crippen LogP contribution in [0.25, 0.3) is 0 Å². The van der Waals surface area contributed by atoms with E-state index in [0.29, 0.717) is 44.9 Å². The maximum atomic E-state index is 12.4. The Kier molecular flexibility index (Phi) is 5.38. The lowest BCUT2D eigenvalue weighted by molar-refractivity contribution is -0.132. The molecule has 0 N–H and O–H groups in total. The second kappa shape index (κ2) is 7.88. The zero-order valence-electron chi connectivity index (χ0n) is 14.4. The van der Waals surface area contributed by atoms with Crippen LogP contribution in [0.5, 0.6) is 0 Å². The standard InChI is InChI=1S/C19H23N3O3/c1-20(16-6-3-2-4-7-16)10-9-18(23)21-11-13-22(14-12-21)19(24)17-8-5-15-25-17/h2-8,15H,9-14H2,1H3. The van der Waals surface area contributed by atoms with Gasteiger partial charge in [0.05, 0.1) is 6.26 Å². The molecule has 6 heteroatoms. The summed E-state index contributed by atoms with van der Waals surface area (Å²) in [6, 6.07) is 13.4. The lowest BCUT2D eigenvalue weighted by atomic mass is 10.2. The number of rotatable bonds is 5. The average molecular weight is 341 g/mol. The van der Waals surface area contributed by atoms with Gasteiger partial charge in [0.2, 0.25) is 5.91 Å². The molecule has 3 rings (SSSR count). The molecule has 1 saturated heterocycles. The molecule has 0 saturated carbocycles. The number of furan rings is 1. The lowest BCUT2D eigenvalue weighted by Gasteiger charge is -2.34. The molecule has 2 amide bonds. The molecule has 0 aliphatic carbocycles. The van der Waals surface area contributed by atoms with Crippen molar-refractivity contribution in [2.75, 3.05) is 44.7 Å². The lowest BCUT2D eigenvalue weighted by Crippen LogP contribution is -2.50. The van der Waals surface area contributed by atoms with Crippen LogP contribution < -0.4 is 4.90 Å². The summed E-state index contributed by atoms with van der Waals surface area (Å²) in [7, 11) is 1.99. The van der Waals surface area contributed by atoms with Gasteiger partial charge < -0.3 is 19.1 Å². The normalized spacial score (nSPS) is 14.4. The van der Waals surface area contributed by atoms with Gasteiger partial charge in [0.1, 0.15) is 0 Å². The fourth-order valence-corrected chi connectivity index (χ4v) is 2.95. The Hall–Kier alpha value is -2.76. The van der Waals surface area contributed by atoms with Gasteiger partial charge >= 0.3 is 0 Å². The first-order chi connectivity index (χ1) is 12.1. The molecule has 1 fully saturated rings. The van der Waals surface area contributed by atoms with Gasteiger partial charge in [-0.2, -0.15) is 0 Å². The first-order valence-corrected chi connectivity index (χ1v) is 8.52. The predicted molar refractivity (Wildman–Crippen MR) is 95.5 cm³/mol. The molecule has 0 spiro atoms. The molecule has 0 radical (unpaired) electrons. The van der Waals surface area contributed by atoms with Crippen LogP contribution in [-0.2, 0) is 4.79 Å². The van der Waals surface area contributed by atoms with E-state index >= 15 is 0 Å². The highest BCUT2D eigenvalue weighted by molar-refractivity contribution is 5.91. The molecule has 0 bridgehead atoms. The molecule has 2 heterocycles. The van der Waals surface area contributed by atoms with Crippen molar-refractivity contribution in [2.24, 2.45) is 0 Å². The summed E-state index contributed by atoms with van der Waals surface area (Å²) in [6.45, 7) is 2.90. The zero-order chi connectivity index (χ0) is 17.6. The molecule has 0 atom stereocenters. The monoisotopic (exact) mass is 341 g/mol. The van der Waals surface area contributed by atoms with Gasteiger partial charge in [-0.25, -0.2) is 0 Å². The second-order valence-corrected chi connectivity index (χ2v) is 6.16. The Balaban J connectivity index is 1.45. The maximum Gasteiger partial charge on any atom is 0.289 e. The van der Waals surface area contributed by atoms with Gasteiger partial charge in [-0.05, 0) is 24.3 Å². The van der Waals surface area contributed by atoms with E-state index in [2.05, 4.69) is 4.90 Å². The number of carbonyl (C=O) groups is 2. The van der Waals surface area contributed by atoms with Gasteiger partial charge in [0, 0.05) is 51.9 Å². The van der Waals surface area contributed by atoms with E-state index in [-0.39, 0.29) is 11.8 Å². The minimum absolute atomic E-state index is 0.110. The van der Waals surface area contributed by atoms with E-state index in [1.807, 2.05) is 42.3 Å². The molecular weight excluding hydrogens is 318 g/mol. The zero-order valence-corrected chi connectivity index (χ0v) is 14.4. The number of piperazine rings is 1. The van der Waals surface area contributed by atoms with E-state index in [1.165, 1.54) is 6.26 Å². The molecule has 132 valence electrons. The molecule has 1 aliphatic rings. The minimum atomic E-state index is -0.110. The molecule has 2 aromatic rings. The SMILES string of the molecule is CN(CCC(=O)N1CCN(C(=O)c2ccco2)CC1)c1ccccc1. The largest absolute Gasteiger partial charge is 0.459 e. The van der Waals surface area contributed by atoms with Crippen molar-refractivity contribution >= 4 is 17.5 Å². The van der Waals surface area contributed by atoms with E-state index in [4.69, 9.17) is 4.42 Å². The van der Waals surface area contributed by atoms with E-state index in [9.17, 15) is 9.59 Å². The highest BCUT2D eigenvalue weighted by atomic mass is 16.3. The summed E-state index contributed by atoms with van der Waals surface area (Å²) in [5, 5.41) is 0. The third kappa shape index (κ3) is 4.21. The Bertz CT molecular complexity index is 692. The van der Waals surface area contributed by atoms with Gasteiger partial charge in [-0.1, -0.05) is 18.2 Å². The number of nitrogens with zero attached hydrogens (tertiary/aromatic N) is 3. The van der Waals surface area contributed by atoms with Crippen molar-refractivity contribution in [3.05, 3.63) is 54.5 Å². The van der Waals surface area contributed by atoms with Crippen LogP contribution in [-0.4, -0.2) is 61.4 Å². The van der Waals surface area contributed by atoms with Crippen LogP contribution in [0.1, 0.15) is 17.0 Å². The molecule has 25 heavy (non-hydrogen) atoms. The number of para-hydroxylation sites is 1. The third-order valence-corrected chi connectivity index (χ3v) is 4.51. The van der Waals surface area contributed by atoms with E-state index in [0.717, 1.165) is 5.69 Å². The number of hydrogen-bond acceptors (Lipinski definition) is 4. The van der Waals surface area contributed by atoms with Crippen molar-refractivity contribution in [3.8, 4) is 0 Å². The Morgan fingerprint density at radius 3 is 2.32 bits per heavy atom. The summed E-state index contributed by atoms with van der Waals surface area (Å²) in [6.07, 6.45) is 1.97. The van der Waals surface area contributed by atoms with Crippen molar-refractivity contribution in [1.29, 1.82) is 0 Å². The molecule has 6 nitrogen and oxygen atoms in total. The number of benzene rings is 1. The van der Waals surface area contributed by atoms with Gasteiger partial charge in [0.25, 0.3) is 5.91 Å². The maximum absolute atomic E-state index is 12.4. The van der Waals surface area contributed by atoms with Crippen molar-refractivity contribution in [3.63, 3.8) is 0 Å². The van der Waals surface area contributed by atoms with Crippen LogP contribution in [0.2, 0.25) is 0 Å². The average Bonchev–Trinajstić information content (AvgIpc) is 3.21. The van der Waals surface area contributed by atoms with Crippen LogP contribution in [0.3, 0.4) is 0 Å². The first-order valence-electron chi connectivity index (χ1n) is 8.52. The summed E-state index contributed by atoms with van der Waals surface area (Å²) in [5.74, 6) is 0.373. The summed E-state index contributed by atoms with van der Waals surface area (Å²) in [4.78, 5) is 30.3. The van der Waals surface area contributed by atoms with Crippen LogP contribution in [0.15, 0.2) is 53.1 Å². The van der Waals surface area contributed by atoms with E-state index in [1.54, 1.807) is 17.0 Å². The topological polar surface area (TPSA) is 57.0 Å². The fraction of sp³-hybridized carbons (Fsp3) is 0.368. The van der Waals surface area contributed by atoms with Crippen LogP contribution >= 0.6 is 0 Å². The number of carbonyl (C=O) groups excluding carboxylic acids is 2. The molecule has 1 aliphatic heterocycles. The predicted octanol–water partition coefficient (Wildman–Crippen LogP) is 2.09. The molecule has 1 aromatic heterocycles. The molecule has 0 unspecified atom stereocenters. The molecular formula is C19H23N3O3. The van der Waals surface area contributed by atoms with Crippen molar-refractivity contribution < 1.29 is 14.0 Å². The van der Waals surface area contributed by atoms with Crippen molar-refractivity contribution in [1.82, 2.24) is 9.80 Å². The Morgan fingerprint density at radius 1 is 1.00 bits per heavy atom. The summed E-state index contributed by atoms with van der Waals surface area (Å²) >= 11 is 0. The number of anilines is 1. The van der Waals surface area contributed by atoms with Gasteiger partial charge in [0.15, 0.2) is 5.76 Å². The second-order valence-electron chi connectivity index (χ2n) is 6.16. The highest BCUT2D eigenvalue weighted by Gasteiger charge is 2.25. The summed E-state index contributed by atoms with van der Waals surface area (Å²) in [5.41, 5.74) is 1.10. The number of amides is 2. The fourth-order valence-electron chi connectivity index (χ4n) is 2.95. The summed E-state index contributed by atoms with van der Waals surface area (Å²) < 4.78 is 5.15. The Morgan fingerprint density at radius 2 is 1.68 bits per heavy atom. The number of hydrogen-bond donors (Lipinski definition) is 0. The minimum Gasteiger partial charge on any atom is -0.459 e. The van der Waals surface area contributed by atoms with Crippen LogP contribution in [0.4, 0.5) is 5.69 Å². The quantitative estimate of drug-likeness (QED) is 0.836. The molecule has 1 aromatic carbocycles. The Labute approximate surface area is 147 Å². The van der Waals surface area contributed by atoms with Crippen molar-refractivity contribution in [2.45, 2.75) is 6.42 Å². The van der Waals surface area contributed by atoms with Gasteiger partial charge in [-0.15, -0.1) is 0 Å². The highest BCUT2D eigenvalue weighted by Crippen LogP contribution is 2.13. The third-order valence-electron chi connectivity index (χ3n) is 4.51. The smallest absolute Gasteiger partial charge is 0.289 e. The van der Waals surface area contributed by atoms with Gasteiger partial charge in [-0.3, -0.25) is 9.59 Å². The van der Waals surface area contributed by atoms with Crippen LogP contribution in [0, 0.1) is 0 Å². The van der Waals surface area contributed by atoms with E-state index < -0.39 is 0 Å².